The van der Waals surface area contributed by atoms with Gasteiger partial charge in [0, 0.05) is 26.2 Å². The van der Waals surface area contributed by atoms with Gasteiger partial charge in [-0.1, -0.05) is 5.21 Å². The second-order valence-corrected chi connectivity index (χ2v) is 8.67. The van der Waals surface area contributed by atoms with Crippen molar-refractivity contribution in [1.82, 2.24) is 24.2 Å². The summed E-state index contributed by atoms with van der Waals surface area (Å²) in [7, 11) is -2.33. The molecule has 2 heterocycles. The van der Waals surface area contributed by atoms with E-state index >= 15 is 0 Å². The summed E-state index contributed by atoms with van der Waals surface area (Å²) < 4.78 is 28.4. The molecule has 0 aliphatic carbocycles. The van der Waals surface area contributed by atoms with Crippen molar-refractivity contribution in [2.45, 2.75) is 37.6 Å². The van der Waals surface area contributed by atoms with Gasteiger partial charge in [0.2, 0.25) is 15.9 Å². The van der Waals surface area contributed by atoms with Gasteiger partial charge in [-0.05, 0) is 44.9 Å². The highest BCUT2D eigenvalue weighted by atomic mass is 32.2. The molecule has 9 heteroatoms. The highest BCUT2D eigenvalue weighted by Gasteiger charge is 2.27. The average molecular weight is 365 g/mol. The minimum absolute atomic E-state index is 0.118. The van der Waals surface area contributed by atoms with Crippen LogP contribution in [0.5, 0.6) is 0 Å². The van der Waals surface area contributed by atoms with Crippen LogP contribution in [0.25, 0.3) is 11.0 Å². The average Bonchev–Trinajstić information content (AvgIpc) is 3.23. The van der Waals surface area contributed by atoms with Crippen molar-refractivity contribution in [2.24, 2.45) is 0 Å². The van der Waals surface area contributed by atoms with Crippen molar-refractivity contribution in [3.05, 3.63) is 18.2 Å². The molecule has 3 rings (SSSR count). The summed E-state index contributed by atoms with van der Waals surface area (Å²) >= 11 is 0. The van der Waals surface area contributed by atoms with Gasteiger partial charge in [-0.15, -0.1) is 5.10 Å². The number of rotatable bonds is 5. The molecular formula is C16H23N5O3S. The van der Waals surface area contributed by atoms with Crippen molar-refractivity contribution in [1.29, 1.82) is 0 Å². The Morgan fingerprint density at radius 2 is 1.96 bits per heavy atom. The van der Waals surface area contributed by atoms with E-state index in [0.29, 0.717) is 18.6 Å². The Morgan fingerprint density at radius 3 is 2.60 bits per heavy atom. The van der Waals surface area contributed by atoms with Gasteiger partial charge in [-0.2, -0.15) is 4.31 Å². The zero-order chi connectivity index (χ0) is 18.2. The molecule has 1 fully saturated rings. The van der Waals surface area contributed by atoms with E-state index in [2.05, 4.69) is 10.3 Å². The van der Waals surface area contributed by atoms with Crippen molar-refractivity contribution < 1.29 is 13.2 Å². The number of nitrogens with zero attached hydrogens (tertiary/aromatic N) is 5. The normalized spacial score (nSPS) is 15.6. The zero-order valence-electron chi connectivity index (χ0n) is 14.7. The molecule has 1 saturated heterocycles. The first-order chi connectivity index (χ1) is 11.8. The van der Waals surface area contributed by atoms with Gasteiger partial charge < -0.3 is 4.90 Å². The standard InChI is InChI=1S/C16H23N5O3S/c1-12(2)21-15-7-6-13(10-14(15)17-18-21)25(23,24)19(3)11-16(22)20-8-4-5-9-20/h6-7,10,12H,4-5,8-9,11H2,1-3H3. The van der Waals surface area contributed by atoms with E-state index in [4.69, 9.17) is 0 Å². The van der Waals surface area contributed by atoms with Crippen LogP contribution in [0.4, 0.5) is 0 Å². The number of fused-ring (bicyclic) bond motifs is 1. The van der Waals surface area contributed by atoms with Crippen LogP contribution in [0.2, 0.25) is 0 Å². The smallest absolute Gasteiger partial charge is 0.243 e. The topological polar surface area (TPSA) is 88.4 Å². The molecule has 0 saturated carbocycles. The first-order valence-electron chi connectivity index (χ1n) is 8.40. The van der Waals surface area contributed by atoms with Crippen LogP contribution in [-0.4, -0.2) is 65.2 Å². The van der Waals surface area contributed by atoms with E-state index in [-0.39, 0.29) is 23.4 Å². The Hall–Kier alpha value is -2.00. The maximum atomic E-state index is 12.8. The van der Waals surface area contributed by atoms with Crippen LogP contribution in [0, 0.1) is 0 Å². The highest BCUT2D eigenvalue weighted by Crippen LogP contribution is 2.22. The monoisotopic (exact) mass is 365 g/mol. The predicted molar refractivity (Wildman–Crippen MR) is 93.5 cm³/mol. The highest BCUT2D eigenvalue weighted by molar-refractivity contribution is 7.89. The molecule has 0 radical (unpaired) electrons. The lowest BCUT2D eigenvalue weighted by atomic mass is 10.3. The third-order valence-electron chi connectivity index (χ3n) is 4.46. The fourth-order valence-corrected chi connectivity index (χ4v) is 4.13. The minimum atomic E-state index is -3.76. The van der Waals surface area contributed by atoms with Crippen molar-refractivity contribution in [3.8, 4) is 0 Å². The number of benzene rings is 1. The zero-order valence-corrected chi connectivity index (χ0v) is 15.5. The molecule has 25 heavy (non-hydrogen) atoms. The lowest BCUT2D eigenvalue weighted by Gasteiger charge is -2.21. The molecule has 0 atom stereocenters. The van der Waals surface area contributed by atoms with E-state index in [1.54, 1.807) is 15.6 Å². The van der Waals surface area contributed by atoms with E-state index < -0.39 is 10.0 Å². The van der Waals surface area contributed by atoms with E-state index in [0.717, 1.165) is 22.7 Å². The minimum Gasteiger partial charge on any atom is -0.342 e. The molecule has 1 aliphatic heterocycles. The van der Waals surface area contributed by atoms with Crippen molar-refractivity contribution >= 4 is 27.0 Å². The van der Waals surface area contributed by atoms with Crippen LogP contribution in [0.1, 0.15) is 32.7 Å². The van der Waals surface area contributed by atoms with Crippen LogP contribution in [0.3, 0.4) is 0 Å². The summed E-state index contributed by atoms with van der Waals surface area (Å²) in [6.07, 6.45) is 1.95. The van der Waals surface area contributed by atoms with Crippen LogP contribution < -0.4 is 0 Å². The molecular weight excluding hydrogens is 342 g/mol. The Morgan fingerprint density at radius 1 is 1.28 bits per heavy atom. The molecule has 8 nitrogen and oxygen atoms in total. The molecule has 1 aromatic heterocycles. The van der Waals surface area contributed by atoms with Crippen molar-refractivity contribution in [3.63, 3.8) is 0 Å². The number of hydrogen-bond donors (Lipinski definition) is 0. The van der Waals surface area contributed by atoms with Gasteiger partial charge in [-0.3, -0.25) is 4.79 Å². The van der Waals surface area contributed by atoms with Gasteiger partial charge in [0.05, 0.1) is 17.0 Å². The molecule has 136 valence electrons. The second kappa shape index (κ2) is 6.72. The summed E-state index contributed by atoms with van der Waals surface area (Å²) in [5.41, 5.74) is 1.30. The van der Waals surface area contributed by atoms with Gasteiger partial charge >= 0.3 is 0 Å². The van der Waals surface area contributed by atoms with E-state index in [1.807, 2.05) is 13.8 Å². The number of carbonyl (C=O) groups excluding carboxylic acids is 1. The quantitative estimate of drug-likeness (QED) is 0.796. The lowest BCUT2D eigenvalue weighted by molar-refractivity contribution is -0.130. The predicted octanol–water partition coefficient (Wildman–Crippen LogP) is 1.26. The largest absolute Gasteiger partial charge is 0.342 e. The number of likely N-dealkylation sites (N-methyl/N-ethyl adjacent to an activating group) is 1. The summed E-state index contributed by atoms with van der Waals surface area (Å²) in [6.45, 7) is 5.22. The summed E-state index contributed by atoms with van der Waals surface area (Å²) in [5.74, 6) is -0.157. The van der Waals surface area contributed by atoms with Gasteiger partial charge in [-0.25, -0.2) is 13.1 Å². The molecule has 1 aliphatic rings. The summed E-state index contributed by atoms with van der Waals surface area (Å²) in [4.78, 5) is 14.0. The van der Waals surface area contributed by atoms with Crippen LogP contribution in [0.15, 0.2) is 23.1 Å². The lowest BCUT2D eigenvalue weighted by Crippen LogP contribution is -2.39. The third-order valence-corrected chi connectivity index (χ3v) is 6.26. The van der Waals surface area contributed by atoms with Crippen LogP contribution in [-0.2, 0) is 14.8 Å². The third kappa shape index (κ3) is 3.38. The molecule has 1 amide bonds. The van der Waals surface area contributed by atoms with Crippen molar-refractivity contribution in [2.75, 3.05) is 26.7 Å². The maximum absolute atomic E-state index is 12.8. The summed E-state index contributed by atoms with van der Waals surface area (Å²) in [6, 6.07) is 4.89. The van der Waals surface area contributed by atoms with Gasteiger partial charge in [0.1, 0.15) is 5.52 Å². The Balaban J connectivity index is 1.83. The number of amides is 1. The number of hydrogen-bond acceptors (Lipinski definition) is 5. The molecule has 1 aromatic carbocycles. The summed E-state index contributed by atoms with van der Waals surface area (Å²) in [5, 5.41) is 8.11. The molecule has 0 unspecified atom stereocenters. The molecule has 0 bridgehead atoms. The van der Waals surface area contributed by atoms with E-state index in [9.17, 15) is 13.2 Å². The first-order valence-corrected chi connectivity index (χ1v) is 9.84. The first kappa shape index (κ1) is 17.8. The maximum Gasteiger partial charge on any atom is 0.243 e. The number of carbonyl (C=O) groups is 1. The molecule has 0 N–H and O–H groups in total. The number of sulfonamides is 1. The fraction of sp³-hybridized carbons (Fsp3) is 0.562. The van der Waals surface area contributed by atoms with Gasteiger partial charge in [0.25, 0.3) is 0 Å². The molecule has 0 spiro atoms. The molecule has 2 aromatic rings. The fourth-order valence-electron chi connectivity index (χ4n) is 2.99. The van der Waals surface area contributed by atoms with Gasteiger partial charge in [0.15, 0.2) is 0 Å². The Labute approximate surface area is 147 Å². The Kier molecular flexibility index (Phi) is 4.79. The number of likely N-dealkylation sites (tertiary alicyclic amines) is 1. The van der Waals surface area contributed by atoms with Crippen LogP contribution >= 0.6 is 0 Å². The SMILES string of the molecule is CC(C)n1nnc2cc(S(=O)(=O)N(C)CC(=O)N3CCCC3)ccc21. The number of aromatic nitrogens is 3. The second-order valence-electron chi connectivity index (χ2n) is 6.63. The van der Waals surface area contributed by atoms with E-state index in [1.165, 1.54) is 19.2 Å². The Bertz CT molecular complexity index is 884.